The highest BCUT2D eigenvalue weighted by atomic mass is 14.7. The van der Waals surface area contributed by atoms with Crippen LogP contribution in [0.2, 0.25) is 0 Å². The number of para-hydroxylation sites is 1. The van der Waals surface area contributed by atoms with Gasteiger partial charge in [0.25, 0.3) is 0 Å². The Morgan fingerprint density at radius 3 is 1.71 bits per heavy atom. The molecule has 0 aliphatic rings. The lowest BCUT2D eigenvalue weighted by atomic mass is 9.99. The third-order valence-electron chi connectivity index (χ3n) is 7.00. The molecular formula is C39H48N2. The van der Waals surface area contributed by atoms with E-state index in [0.29, 0.717) is 17.8 Å². The van der Waals surface area contributed by atoms with Gasteiger partial charge in [-0.15, -0.1) is 0 Å². The minimum Gasteiger partial charge on any atom is -0.260 e. The highest BCUT2D eigenvalue weighted by Crippen LogP contribution is 2.24. The molecule has 2 heteroatoms. The number of hydrogen-bond acceptors (Lipinski definition) is 2. The van der Waals surface area contributed by atoms with E-state index < -0.39 is 0 Å². The molecule has 2 heterocycles. The second-order valence-corrected chi connectivity index (χ2v) is 10.9. The number of nitrogens with zero attached hydrogens (tertiary/aromatic N) is 2. The van der Waals surface area contributed by atoms with Crippen LogP contribution in [0.25, 0.3) is 32.4 Å². The normalized spacial score (nSPS) is 10.5. The van der Waals surface area contributed by atoms with Crippen LogP contribution in [0.15, 0.2) is 116 Å². The maximum absolute atomic E-state index is 4.41. The predicted molar refractivity (Wildman–Crippen MR) is 183 cm³/mol. The Balaban J connectivity index is 0.000000210. The second-order valence-electron chi connectivity index (χ2n) is 10.9. The highest BCUT2D eigenvalue weighted by Gasteiger charge is 2.05. The van der Waals surface area contributed by atoms with E-state index in [0.717, 1.165) is 5.52 Å². The van der Waals surface area contributed by atoms with Crippen molar-refractivity contribution in [2.75, 3.05) is 0 Å². The van der Waals surface area contributed by atoms with E-state index in [9.17, 15) is 0 Å². The van der Waals surface area contributed by atoms with Crippen molar-refractivity contribution >= 4 is 32.4 Å². The summed E-state index contributed by atoms with van der Waals surface area (Å²) in [5, 5.41) is 6.50. The van der Waals surface area contributed by atoms with Gasteiger partial charge in [0.1, 0.15) is 0 Å². The highest BCUT2D eigenvalue weighted by molar-refractivity contribution is 5.85. The van der Waals surface area contributed by atoms with E-state index in [4.69, 9.17) is 0 Å². The molecule has 4 aromatic carbocycles. The molecule has 6 rings (SSSR count). The maximum Gasteiger partial charge on any atom is 0.0704 e. The summed E-state index contributed by atoms with van der Waals surface area (Å²) in [6, 6.07) is 36.0. The number of rotatable bonds is 3. The molecule has 0 unspecified atom stereocenters. The molecule has 0 atom stereocenters. The lowest BCUT2D eigenvalue weighted by Crippen LogP contribution is -1.92. The van der Waals surface area contributed by atoms with Gasteiger partial charge in [-0.2, -0.15) is 0 Å². The fourth-order valence-corrected chi connectivity index (χ4v) is 4.79. The van der Waals surface area contributed by atoms with E-state index in [1.54, 1.807) is 0 Å². The maximum atomic E-state index is 4.41. The van der Waals surface area contributed by atoms with Crippen molar-refractivity contribution in [3.8, 4) is 0 Å². The number of pyridine rings is 2. The minimum atomic E-state index is 0. The number of benzene rings is 4. The Morgan fingerprint density at radius 2 is 1.05 bits per heavy atom. The Bertz CT molecular complexity index is 1540. The Labute approximate surface area is 248 Å². The monoisotopic (exact) mass is 544 g/mol. The molecule has 2 aromatic heterocycles. The summed E-state index contributed by atoms with van der Waals surface area (Å²) in [5.74, 6) is 1.67. The van der Waals surface area contributed by atoms with Crippen molar-refractivity contribution in [1.82, 2.24) is 9.97 Å². The first-order valence-corrected chi connectivity index (χ1v) is 14.0. The number of hydrogen-bond donors (Lipinski definition) is 0. The van der Waals surface area contributed by atoms with E-state index >= 15 is 0 Å². The standard InChI is InChI=1S/C13H14.2C12H13N.2CH4/c1-10(2)12-8-7-11-5-3-4-6-13(11)9-12;1-9(2)10-7-8-13-12-6-4-3-5-11(10)12;1-9(2)12-11-6-4-3-5-10(11)7-8-13-12;;/h3-10H,1-2H3;2*3-9H,1-2H3;2*1H4. The summed E-state index contributed by atoms with van der Waals surface area (Å²) >= 11 is 0. The van der Waals surface area contributed by atoms with Crippen LogP contribution in [0.1, 0.15) is 91.0 Å². The smallest absolute Gasteiger partial charge is 0.0704 e. The molecule has 0 fully saturated rings. The van der Waals surface area contributed by atoms with Gasteiger partial charge in [0, 0.05) is 23.2 Å². The lowest BCUT2D eigenvalue weighted by Gasteiger charge is -2.08. The molecule has 0 aliphatic heterocycles. The zero-order valence-electron chi connectivity index (χ0n) is 24.1. The van der Waals surface area contributed by atoms with Gasteiger partial charge in [-0.3, -0.25) is 9.97 Å². The first-order chi connectivity index (χ1) is 18.8. The van der Waals surface area contributed by atoms with E-state index in [-0.39, 0.29) is 14.9 Å². The topological polar surface area (TPSA) is 25.8 Å². The second kappa shape index (κ2) is 15.7. The number of fused-ring (bicyclic) bond motifs is 3. The van der Waals surface area contributed by atoms with Crippen LogP contribution < -0.4 is 0 Å². The summed E-state index contributed by atoms with van der Waals surface area (Å²) in [4.78, 5) is 8.73. The zero-order chi connectivity index (χ0) is 27.8. The van der Waals surface area contributed by atoms with Crippen molar-refractivity contribution in [1.29, 1.82) is 0 Å². The molecule has 0 aliphatic carbocycles. The van der Waals surface area contributed by atoms with Crippen molar-refractivity contribution in [3.63, 3.8) is 0 Å². The zero-order valence-corrected chi connectivity index (χ0v) is 24.1. The van der Waals surface area contributed by atoms with Crippen molar-refractivity contribution in [2.24, 2.45) is 0 Å². The van der Waals surface area contributed by atoms with Crippen LogP contribution in [0, 0.1) is 0 Å². The summed E-state index contributed by atoms with van der Waals surface area (Å²) < 4.78 is 0. The Kier molecular flexibility index (Phi) is 12.7. The van der Waals surface area contributed by atoms with Crippen LogP contribution in [0.3, 0.4) is 0 Å². The molecule has 0 bridgehead atoms. The Hall–Kier alpha value is -4.04. The van der Waals surface area contributed by atoms with Gasteiger partial charge >= 0.3 is 0 Å². The molecule has 0 saturated carbocycles. The molecule has 0 radical (unpaired) electrons. The van der Waals surface area contributed by atoms with Gasteiger partial charge in [-0.1, -0.05) is 141 Å². The van der Waals surface area contributed by atoms with E-state index in [1.807, 2.05) is 18.5 Å². The summed E-state index contributed by atoms with van der Waals surface area (Å²) in [6.07, 6.45) is 3.77. The van der Waals surface area contributed by atoms with Crippen LogP contribution in [-0.2, 0) is 0 Å². The van der Waals surface area contributed by atoms with Crippen LogP contribution in [-0.4, -0.2) is 9.97 Å². The third-order valence-corrected chi connectivity index (χ3v) is 7.00. The molecule has 214 valence electrons. The SMILES string of the molecule is C.C.CC(C)c1ccc2ccccc2c1.CC(C)c1ccnc2ccccc12.CC(C)c1nccc2ccccc12. The molecule has 41 heavy (non-hydrogen) atoms. The molecule has 0 amide bonds. The lowest BCUT2D eigenvalue weighted by molar-refractivity contribution is 0.834. The van der Waals surface area contributed by atoms with Gasteiger partial charge in [0.2, 0.25) is 0 Å². The largest absolute Gasteiger partial charge is 0.260 e. The summed E-state index contributed by atoms with van der Waals surface area (Å²) in [5.41, 5.74) is 5.08. The average molecular weight is 545 g/mol. The molecular weight excluding hydrogens is 496 g/mol. The Morgan fingerprint density at radius 1 is 0.463 bits per heavy atom. The quantitative estimate of drug-likeness (QED) is 0.221. The molecule has 0 N–H and O–H groups in total. The third kappa shape index (κ3) is 8.47. The van der Waals surface area contributed by atoms with Crippen LogP contribution in [0.4, 0.5) is 0 Å². The summed E-state index contributed by atoms with van der Waals surface area (Å²) in [7, 11) is 0. The summed E-state index contributed by atoms with van der Waals surface area (Å²) in [6.45, 7) is 13.2. The minimum absolute atomic E-state index is 0. The predicted octanol–water partition coefficient (Wildman–Crippen LogP) is 12.0. The fourth-order valence-electron chi connectivity index (χ4n) is 4.79. The molecule has 0 saturated heterocycles. The van der Waals surface area contributed by atoms with Crippen molar-refractivity contribution in [2.45, 2.75) is 74.1 Å². The number of aromatic nitrogens is 2. The first kappa shape index (κ1) is 33.2. The van der Waals surface area contributed by atoms with Gasteiger partial charge < -0.3 is 0 Å². The van der Waals surface area contributed by atoms with Gasteiger partial charge in [-0.25, -0.2) is 0 Å². The molecule has 0 spiro atoms. The van der Waals surface area contributed by atoms with E-state index in [1.165, 1.54) is 43.8 Å². The molecule has 6 aromatic rings. The van der Waals surface area contributed by atoms with E-state index in [2.05, 4.69) is 149 Å². The van der Waals surface area contributed by atoms with Gasteiger partial charge in [-0.05, 0) is 63.2 Å². The van der Waals surface area contributed by atoms with Crippen molar-refractivity contribution in [3.05, 3.63) is 132 Å². The van der Waals surface area contributed by atoms with Gasteiger partial charge in [0.15, 0.2) is 0 Å². The van der Waals surface area contributed by atoms with Crippen molar-refractivity contribution < 1.29 is 0 Å². The average Bonchev–Trinajstić information content (AvgIpc) is 2.96. The fraction of sp³-hybridized carbons (Fsp3) is 0.282. The van der Waals surface area contributed by atoms with Gasteiger partial charge in [0.05, 0.1) is 11.2 Å². The molecule has 2 nitrogen and oxygen atoms in total. The van der Waals surface area contributed by atoms with Crippen LogP contribution >= 0.6 is 0 Å². The van der Waals surface area contributed by atoms with Crippen LogP contribution in [0.5, 0.6) is 0 Å². The first-order valence-electron chi connectivity index (χ1n) is 14.0.